The number of likely N-dealkylation sites (N-methyl/N-ethyl adjacent to an activating group) is 1. The minimum absolute atomic E-state index is 0.278. The zero-order valence-corrected chi connectivity index (χ0v) is 6.79. The van der Waals surface area contributed by atoms with Gasteiger partial charge < -0.3 is 16.0 Å². The Kier molecular flexibility index (Phi) is 2.80. The van der Waals surface area contributed by atoms with Crippen LogP contribution < -0.4 is 11.5 Å². The van der Waals surface area contributed by atoms with Crippen LogP contribution in [0.5, 0.6) is 0 Å². The molecule has 0 spiro atoms. The van der Waals surface area contributed by atoms with Gasteiger partial charge in [0.2, 0.25) is 0 Å². The minimum Gasteiger partial charge on any atom is -0.364 e. The van der Waals surface area contributed by atoms with Gasteiger partial charge in [-0.2, -0.15) is 0 Å². The quantitative estimate of drug-likeness (QED) is 0.476. The molecule has 0 fully saturated rings. The lowest BCUT2D eigenvalue weighted by atomic mass is 10.2. The van der Waals surface area contributed by atoms with Crippen LogP contribution in [0.25, 0.3) is 0 Å². The number of nitrogens with zero attached hydrogens (tertiary/aromatic N) is 1. The summed E-state index contributed by atoms with van der Waals surface area (Å²) < 4.78 is 0.492. The van der Waals surface area contributed by atoms with Gasteiger partial charge >= 0.3 is 0 Å². The average molecular weight is 146 g/mol. The molecule has 0 bridgehead atoms. The van der Waals surface area contributed by atoms with E-state index in [-0.39, 0.29) is 11.9 Å². The van der Waals surface area contributed by atoms with Gasteiger partial charge in [-0.15, -0.1) is 0 Å². The predicted octanol–water partition coefficient (Wildman–Crippen LogP) is -1.49. The van der Waals surface area contributed by atoms with Gasteiger partial charge in [-0.1, -0.05) is 0 Å². The van der Waals surface area contributed by atoms with Crippen molar-refractivity contribution in [2.75, 3.05) is 27.7 Å². The molecule has 0 aliphatic carbocycles. The van der Waals surface area contributed by atoms with Gasteiger partial charge in [-0.3, -0.25) is 4.79 Å². The fourth-order valence-corrected chi connectivity index (χ4v) is 0.814. The van der Waals surface area contributed by atoms with E-state index in [0.717, 1.165) is 0 Å². The van der Waals surface area contributed by atoms with Crippen molar-refractivity contribution in [2.24, 2.45) is 11.5 Å². The fourth-order valence-electron chi connectivity index (χ4n) is 0.814. The molecule has 4 N–H and O–H groups in total. The first-order chi connectivity index (χ1) is 4.39. The molecule has 4 nitrogen and oxygen atoms in total. The second-order valence-electron chi connectivity index (χ2n) is 3.27. The third-order valence-electron chi connectivity index (χ3n) is 1.49. The van der Waals surface area contributed by atoms with E-state index < -0.39 is 0 Å². The Morgan fingerprint density at radius 2 is 1.90 bits per heavy atom. The van der Waals surface area contributed by atoms with Gasteiger partial charge in [-0.25, -0.2) is 0 Å². The standard InChI is InChI=1S/C6H15N3O/c1-9(2,3)5(4-7)6(8)10/h5H,4,7H2,1-3H3,(H-,8,10)/p+1. The Morgan fingerprint density at radius 3 is 1.90 bits per heavy atom. The number of quaternary nitrogens is 1. The summed E-state index contributed by atoms with van der Waals surface area (Å²) in [4.78, 5) is 10.7. The highest BCUT2D eigenvalue weighted by Crippen LogP contribution is 1.99. The second kappa shape index (κ2) is 2.98. The number of hydrogen-bond donors (Lipinski definition) is 2. The van der Waals surface area contributed by atoms with Gasteiger partial charge in [-0.05, 0) is 0 Å². The third kappa shape index (κ3) is 2.33. The van der Waals surface area contributed by atoms with Crippen LogP contribution >= 0.6 is 0 Å². The Bertz CT molecular complexity index is 127. The first-order valence-electron chi connectivity index (χ1n) is 3.20. The molecule has 0 saturated carbocycles. The number of carbonyl (C=O) groups is 1. The maximum atomic E-state index is 10.7. The highest BCUT2D eigenvalue weighted by molar-refractivity contribution is 5.78. The topological polar surface area (TPSA) is 69.1 Å². The highest BCUT2D eigenvalue weighted by atomic mass is 16.1. The van der Waals surface area contributed by atoms with Crippen LogP contribution in [0.3, 0.4) is 0 Å². The lowest BCUT2D eigenvalue weighted by molar-refractivity contribution is -0.884. The summed E-state index contributed by atoms with van der Waals surface area (Å²) in [5.41, 5.74) is 10.4. The monoisotopic (exact) mass is 146 g/mol. The molecule has 10 heavy (non-hydrogen) atoms. The van der Waals surface area contributed by atoms with Crippen molar-refractivity contribution >= 4 is 5.91 Å². The average Bonchev–Trinajstić information content (AvgIpc) is 1.60. The van der Waals surface area contributed by atoms with Crippen LogP contribution in [0.4, 0.5) is 0 Å². The van der Waals surface area contributed by atoms with Crippen LogP contribution in [0.15, 0.2) is 0 Å². The first-order valence-corrected chi connectivity index (χ1v) is 3.20. The Hall–Kier alpha value is -0.610. The maximum Gasteiger partial charge on any atom is 0.277 e. The molecule has 0 aromatic heterocycles. The molecular formula is C6H16N3O+. The lowest BCUT2D eigenvalue weighted by Crippen LogP contribution is -2.56. The molecule has 0 rings (SSSR count). The molecule has 0 heterocycles. The van der Waals surface area contributed by atoms with Gasteiger partial charge in [0.15, 0.2) is 6.04 Å². The van der Waals surface area contributed by atoms with E-state index in [2.05, 4.69) is 0 Å². The van der Waals surface area contributed by atoms with Crippen LogP contribution in [0.2, 0.25) is 0 Å². The smallest absolute Gasteiger partial charge is 0.277 e. The van der Waals surface area contributed by atoms with E-state index in [9.17, 15) is 4.79 Å². The zero-order valence-electron chi connectivity index (χ0n) is 6.79. The predicted molar refractivity (Wildman–Crippen MR) is 40.1 cm³/mol. The van der Waals surface area contributed by atoms with E-state index in [1.807, 2.05) is 21.1 Å². The van der Waals surface area contributed by atoms with E-state index in [1.165, 1.54) is 0 Å². The van der Waals surface area contributed by atoms with E-state index in [0.29, 0.717) is 11.0 Å². The van der Waals surface area contributed by atoms with Gasteiger partial charge in [0, 0.05) is 0 Å². The number of rotatable bonds is 3. The third-order valence-corrected chi connectivity index (χ3v) is 1.49. The van der Waals surface area contributed by atoms with Crippen LogP contribution in [-0.4, -0.2) is 44.1 Å². The number of carbonyl (C=O) groups excluding carboxylic acids is 1. The van der Waals surface area contributed by atoms with Crippen molar-refractivity contribution in [1.29, 1.82) is 0 Å². The fraction of sp³-hybridized carbons (Fsp3) is 0.833. The summed E-state index contributed by atoms with van der Waals surface area (Å²) in [7, 11) is 5.67. The Balaban J connectivity index is 4.22. The number of primary amides is 1. The highest BCUT2D eigenvalue weighted by Gasteiger charge is 2.27. The van der Waals surface area contributed by atoms with E-state index in [4.69, 9.17) is 11.5 Å². The Morgan fingerprint density at radius 1 is 1.50 bits per heavy atom. The van der Waals surface area contributed by atoms with Crippen molar-refractivity contribution in [3.05, 3.63) is 0 Å². The summed E-state index contributed by atoms with van der Waals surface area (Å²) in [6.45, 7) is 0.304. The van der Waals surface area contributed by atoms with Crippen molar-refractivity contribution in [2.45, 2.75) is 6.04 Å². The van der Waals surface area contributed by atoms with Crippen molar-refractivity contribution in [3.63, 3.8) is 0 Å². The van der Waals surface area contributed by atoms with Crippen molar-refractivity contribution in [1.82, 2.24) is 0 Å². The first kappa shape index (κ1) is 9.39. The molecule has 0 aliphatic rings. The number of amides is 1. The Labute approximate surface area is 61.4 Å². The molecule has 0 radical (unpaired) electrons. The van der Waals surface area contributed by atoms with Gasteiger partial charge in [0.05, 0.1) is 27.7 Å². The van der Waals surface area contributed by atoms with Gasteiger partial charge in [0.25, 0.3) is 5.91 Å². The number of nitrogens with two attached hydrogens (primary N) is 2. The van der Waals surface area contributed by atoms with Crippen LogP contribution in [0.1, 0.15) is 0 Å². The summed E-state index contributed by atoms with van der Waals surface area (Å²) in [5, 5.41) is 0. The lowest BCUT2D eigenvalue weighted by Gasteiger charge is -2.30. The maximum absolute atomic E-state index is 10.7. The molecular weight excluding hydrogens is 130 g/mol. The SMILES string of the molecule is C[N+](C)(C)C(CN)C(N)=O. The number of hydrogen-bond acceptors (Lipinski definition) is 2. The normalized spacial score (nSPS) is 14.8. The summed E-state index contributed by atoms with van der Waals surface area (Å²) in [5.74, 6) is -0.338. The summed E-state index contributed by atoms with van der Waals surface area (Å²) >= 11 is 0. The molecule has 0 aliphatic heterocycles. The molecule has 60 valence electrons. The van der Waals surface area contributed by atoms with Crippen LogP contribution in [-0.2, 0) is 4.79 Å². The molecule has 1 unspecified atom stereocenters. The molecule has 1 atom stereocenters. The molecule has 4 heteroatoms. The zero-order chi connectivity index (χ0) is 8.36. The summed E-state index contributed by atoms with van der Waals surface area (Å²) in [6.07, 6.45) is 0. The van der Waals surface area contributed by atoms with Gasteiger partial charge in [0.1, 0.15) is 0 Å². The largest absolute Gasteiger partial charge is 0.364 e. The summed E-state index contributed by atoms with van der Waals surface area (Å²) in [6, 6.07) is -0.278. The van der Waals surface area contributed by atoms with Crippen molar-refractivity contribution in [3.8, 4) is 0 Å². The molecule has 1 amide bonds. The second-order valence-corrected chi connectivity index (χ2v) is 3.27. The molecule has 0 aromatic rings. The van der Waals surface area contributed by atoms with Crippen LogP contribution in [0, 0.1) is 0 Å². The molecule has 0 saturated heterocycles. The minimum atomic E-state index is -0.338. The van der Waals surface area contributed by atoms with E-state index in [1.54, 1.807) is 0 Å². The van der Waals surface area contributed by atoms with E-state index >= 15 is 0 Å². The van der Waals surface area contributed by atoms with Crippen molar-refractivity contribution < 1.29 is 9.28 Å². The molecule has 0 aromatic carbocycles.